The number of benzene rings is 5. The van der Waals surface area contributed by atoms with Crippen molar-refractivity contribution in [3.05, 3.63) is 196 Å². The first-order chi connectivity index (χ1) is 36.4. The van der Waals surface area contributed by atoms with Crippen LogP contribution in [-0.2, 0) is 34.8 Å². The monoisotopic (exact) mass is 1020 g/mol. The van der Waals surface area contributed by atoms with Gasteiger partial charge >= 0.3 is 23.9 Å². The molecule has 3 heterocycles. The lowest BCUT2D eigenvalue weighted by Gasteiger charge is -2.45. The number of hydrogen-bond acceptors (Lipinski definition) is 14. The molecule has 75 heavy (non-hydrogen) atoms. The van der Waals surface area contributed by atoms with Crippen LogP contribution in [0, 0.1) is 23.7 Å². The van der Waals surface area contributed by atoms with E-state index >= 15 is 0 Å². The number of nitrogens with zero attached hydrogens (tertiary/aromatic N) is 1. The molecular weight excluding hydrogens is 949 g/mol. The number of rotatable bonds is 18. The van der Waals surface area contributed by atoms with E-state index in [1.807, 2.05) is 32.9 Å². The molecule has 0 bridgehead atoms. The molecule has 0 saturated carbocycles. The Labute approximate surface area is 439 Å². The average molecular weight is 1020 g/mol. The van der Waals surface area contributed by atoms with Gasteiger partial charge in [0.1, 0.15) is 12.7 Å². The van der Waals surface area contributed by atoms with Gasteiger partial charge in [0.15, 0.2) is 12.2 Å². The highest BCUT2D eigenvalue weighted by atomic mass is 16.7. The van der Waals surface area contributed by atoms with Crippen molar-refractivity contribution >= 4 is 35.9 Å². The molecule has 5 atom stereocenters. The van der Waals surface area contributed by atoms with Crippen LogP contribution in [0.25, 0.3) is 6.08 Å². The van der Waals surface area contributed by atoms with Gasteiger partial charge in [-0.2, -0.15) is 0 Å². The summed E-state index contributed by atoms with van der Waals surface area (Å²) in [5.41, 5.74) is 11.6. The summed E-state index contributed by atoms with van der Waals surface area (Å²) >= 11 is 0. The minimum absolute atomic E-state index is 0.136. The normalized spacial score (nSPS) is 20.9. The van der Waals surface area contributed by atoms with Gasteiger partial charge in [0, 0.05) is 30.8 Å². The molecule has 1 unspecified atom stereocenters. The van der Waals surface area contributed by atoms with Crippen LogP contribution >= 0.6 is 0 Å². The Hall–Kier alpha value is -7.39. The molecule has 14 nitrogen and oxygen atoms in total. The molecule has 5 aromatic rings. The summed E-state index contributed by atoms with van der Waals surface area (Å²) < 4.78 is 37.6. The van der Waals surface area contributed by atoms with Crippen LogP contribution in [0.3, 0.4) is 0 Å². The van der Waals surface area contributed by atoms with Crippen molar-refractivity contribution in [1.29, 1.82) is 5.41 Å². The molecular formula is C61H68N4O10. The van der Waals surface area contributed by atoms with Crippen LogP contribution in [0.5, 0.6) is 0 Å². The second-order valence-corrected chi connectivity index (χ2v) is 19.9. The van der Waals surface area contributed by atoms with E-state index in [1.165, 1.54) is 44.4 Å². The molecule has 3 aliphatic heterocycles. The Morgan fingerprint density at radius 2 is 1.25 bits per heavy atom. The second kappa shape index (κ2) is 25.7. The van der Waals surface area contributed by atoms with Gasteiger partial charge in [-0.15, -0.1) is 0 Å². The van der Waals surface area contributed by atoms with Crippen molar-refractivity contribution in [2.45, 2.75) is 90.0 Å². The number of allylic oxidation sites excluding steroid dienone is 1. The first kappa shape index (κ1) is 53.9. The number of aryl methyl sites for hydroxylation is 1. The maximum absolute atomic E-state index is 14.2. The number of likely N-dealkylation sites (tertiary alicyclic amines) is 1. The van der Waals surface area contributed by atoms with Gasteiger partial charge in [-0.1, -0.05) is 117 Å². The third-order valence-electron chi connectivity index (χ3n) is 14.3. The van der Waals surface area contributed by atoms with Gasteiger partial charge in [-0.05, 0) is 135 Å². The molecule has 5 aromatic carbocycles. The lowest BCUT2D eigenvalue weighted by molar-refractivity contribution is -0.279. The summed E-state index contributed by atoms with van der Waals surface area (Å²) in [5, 5.41) is 13.2. The van der Waals surface area contributed by atoms with Crippen molar-refractivity contribution in [2.24, 2.45) is 17.1 Å². The number of carbonyl (C=O) groups is 4. The van der Waals surface area contributed by atoms with Crippen molar-refractivity contribution in [1.82, 2.24) is 10.2 Å². The Balaban J connectivity index is 1.09. The number of ether oxygens (including phenoxy) is 6. The summed E-state index contributed by atoms with van der Waals surface area (Å²) in [6.45, 7) is 10.8. The lowest BCUT2D eigenvalue weighted by atomic mass is 9.73. The van der Waals surface area contributed by atoms with Crippen molar-refractivity contribution in [3.8, 4) is 0 Å². The molecule has 0 radical (unpaired) electrons. The van der Waals surface area contributed by atoms with E-state index in [4.69, 9.17) is 34.2 Å². The number of hydrogen-bond donors (Lipinski definition) is 3. The van der Waals surface area contributed by atoms with Crippen LogP contribution in [0.15, 0.2) is 157 Å². The fourth-order valence-electron chi connectivity index (χ4n) is 10.0. The number of piperidine rings is 2. The fraction of sp³-hybridized carbons (Fsp3) is 0.361. The van der Waals surface area contributed by atoms with Crippen LogP contribution in [0.1, 0.15) is 104 Å². The molecule has 0 aliphatic carbocycles. The zero-order valence-electron chi connectivity index (χ0n) is 43.0. The third-order valence-corrected chi connectivity index (χ3v) is 14.3. The Kier molecular flexibility index (Phi) is 18.5. The van der Waals surface area contributed by atoms with E-state index in [9.17, 15) is 24.6 Å². The minimum Gasteiger partial charge on any atom is -0.459 e. The Morgan fingerprint density at radius 3 is 1.80 bits per heavy atom. The summed E-state index contributed by atoms with van der Waals surface area (Å²) in [6, 6.07) is 38.8. The van der Waals surface area contributed by atoms with E-state index < -0.39 is 67.1 Å². The maximum Gasteiger partial charge on any atom is 0.338 e. The predicted molar refractivity (Wildman–Crippen MR) is 286 cm³/mol. The summed E-state index contributed by atoms with van der Waals surface area (Å²) in [7, 11) is 0. The molecule has 3 fully saturated rings. The molecule has 3 saturated heterocycles. The zero-order valence-corrected chi connectivity index (χ0v) is 43.0. The quantitative estimate of drug-likeness (QED) is 0.0326. The van der Waals surface area contributed by atoms with E-state index in [2.05, 4.69) is 28.4 Å². The molecule has 0 aromatic heterocycles. The van der Waals surface area contributed by atoms with Crippen molar-refractivity contribution < 1.29 is 47.6 Å². The van der Waals surface area contributed by atoms with E-state index in [1.54, 1.807) is 109 Å². The van der Waals surface area contributed by atoms with Gasteiger partial charge in [0.25, 0.3) is 0 Å². The third kappa shape index (κ3) is 14.3. The van der Waals surface area contributed by atoms with Crippen LogP contribution in [0.4, 0.5) is 0 Å². The van der Waals surface area contributed by atoms with E-state index in [0.29, 0.717) is 16.7 Å². The van der Waals surface area contributed by atoms with Crippen LogP contribution < -0.4 is 11.1 Å². The van der Waals surface area contributed by atoms with Crippen molar-refractivity contribution in [2.75, 3.05) is 39.3 Å². The average Bonchev–Trinajstić information content (AvgIpc) is 3.43. The summed E-state index contributed by atoms with van der Waals surface area (Å²) in [6.07, 6.45) is 2.51. The second-order valence-electron chi connectivity index (χ2n) is 19.9. The molecule has 392 valence electrons. The lowest BCUT2D eigenvalue weighted by Crippen LogP contribution is -2.63. The predicted octanol–water partition coefficient (Wildman–Crippen LogP) is 9.53. The number of nitrogens with two attached hydrogens (primary N) is 1. The van der Waals surface area contributed by atoms with E-state index in [-0.39, 0.29) is 34.6 Å². The summed E-state index contributed by atoms with van der Waals surface area (Å²) in [4.78, 5) is 58.5. The van der Waals surface area contributed by atoms with E-state index in [0.717, 1.165) is 49.3 Å². The van der Waals surface area contributed by atoms with Gasteiger partial charge in [0.05, 0.1) is 22.3 Å². The SMILES string of the molecule is Cc1cc(/C=C/CCN2CCCC3(CCNCC3)C2)ccc1C/C(C(=N)O[C@@H]1OC(COC(=O)c2ccccc2)[C@@H](OC(=O)c2ccccc2)[C@H](OC(=O)c2ccccc2)[C@H]1OC(=O)c1ccccc1)=C(/N)C(C)C. The molecule has 4 N–H and O–H groups in total. The first-order valence-electron chi connectivity index (χ1n) is 26.0. The van der Waals surface area contributed by atoms with Gasteiger partial charge < -0.3 is 44.4 Å². The molecule has 8 rings (SSSR count). The van der Waals surface area contributed by atoms with Crippen LogP contribution in [-0.4, -0.2) is 105 Å². The fourth-order valence-corrected chi connectivity index (χ4v) is 10.0. The number of carbonyl (C=O) groups excluding carboxylic acids is 4. The number of nitrogens with one attached hydrogen (secondary N) is 2. The minimum atomic E-state index is -1.73. The van der Waals surface area contributed by atoms with Gasteiger partial charge in [0.2, 0.25) is 18.3 Å². The Bertz CT molecular complexity index is 2790. The number of esters is 4. The molecule has 14 heteroatoms. The standard InChI is InChI=1S/C61H68N4O10/c1-41(2)51(62)49(38-48-29-28-43(37-42(48)3)19-16-17-35-65-36-18-30-61(40-65)31-33-64-34-32-61)55(63)75-60-54(74-59(69)47-26-14-7-15-27-47)53(73-58(68)46-24-12-6-13-25-46)52(72-57(67)45-22-10-5-11-23-45)50(71-60)39-70-56(66)44-20-8-4-9-21-44/h4-16,19-29,37,41,50,52-54,60,63-64H,17-18,30-36,38-40,62H2,1-3H3/b19-16+,51-49-,63-55?/t50?,52-,53+,54-,60+/m1/s1. The van der Waals surface area contributed by atoms with Gasteiger partial charge in [-0.3, -0.25) is 5.41 Å². The highest BCUT2D eigenvalue weighted by molar-refractivity contribution is 5.93. The first-order valence-corrected chi connectivity index (χ1v) is 26.0. The molecule has 0 amide bonds. The topological polar surface area (TPSA) is 189 Å². The Morgan fingerprint density at radius 1 is 0.720 bits per heavy atom. The smallest absolute Gasteiger partial charge is 0.338 e. The molecule has 1 spiro atoms. The summed E-state index contributed by atoms with van der Waals surface area (Å²) in [5.74, 6) is -3.91. The van der Waals surface area contributed by atoms with Crippen molar-refractivity contribution in [3.63, 3.8) is 0 Å². The molecule has 3 aliphatic rings. The highest BCUT2D eigenvalue weighted by Gasteiger charge is 2.55. The largest absolute Gasteiger partial charge is 0.459 e. The van der Waals surface area contributed by atoms with Crippen LogP contribution in [0.2, 0.25) is 0 Å². The maximum atomic E-state index is 14.2. The highest BCUT2D eigenvalue weighted by Crippen LogP contribution is 2.38. The van der Waals surface area contributed by atoms with Gasteiger partial charge in [-0.25, -0.2) is 19.2 Å². The zero-order chi connectivity index (χ0) is 52.7.